The molecular weight excluding hydrogens is 446 g/mol. The molecule has 3 atom stereocenters. The maximum absolute atomic E-state index is 13.1. The zero-order valence-electron chi connectivity index (χ0n) is 19.6. The molecule has 9 heteroatoms. The van der Waals surface area contributed by atoms with Crippen molar-refractivity contribution < 1.29 is 19.1 Å². The summed E-state index contributed by atoms with van der Waals surface area (Å²) in [6, 6.07) is 8.78. The second kappa shape index (κ2) is 8.88. The van der Waals surface area contributed by atoms with Crippen molar-refractivity contribution in [3.8, 4) is 11.5 Å². The Bertz CT molecular complexity index is 1300. The average Bonchev–Trinajstić information content (AvgIpc) is 3.30. The molecule has 9 nitrogen and oxygen atoms in total. The Balaban J connectivity index is 1.07. The minimum absolute atomic E-state index is 0.151. The van der Waals surface area contributed by atoms with Gasteiger partial charge in [0, 0.05) is 48.5 Å². The Kier molecular flexibility index (Phi) is 5.56. The topological polar surface area (TPSA) is 96.7 Å². The van der Waals surface area contributed by atoms with Gasteiger partial charge in [-0.25, -0.2) is 9.97 Å². The van der Waals surface area contributed by atoms with Gasteiger partial charge >= 0.3 is 0 Å². The number of hydrazine groups is 1. The number of aromatic nitrogens is 2. The monoisotopic (exact) mass is 474 g/mol. The minimum Gasteiger partial charge on any atom is -0.496 e. The number of hydrogen-bond donors (Lipinski definition) is 1. The fourth-order valence-electron chi connectivity index (χ4n) is 5.76. The number of nitrogens with one attached hydrogen (secondary N) is 1. The number of carbonyl (C=O) groups excluding carboxylic acids is 1. The number of unbranched alkanes of at least 4 members (excludes halogenated alkanes) is 1. The van der Waals surface area contributed by atoms with Gasteiger partial charge in [0.05, 0.1) is 29.7 Å². The number of anilines is 1. The predicted octanol–water partition coefficient (Wildman–Crippen LogP) is 3.59. The van der Waals surface area contributed by atoms with Gasteiger partial charge in [0.15, 0.2) is 0 Å². The highest BCUT2D eigenvalue weighted by Gasteiger charge is 2.42. The molecule has 0 bridgehead atoms. The summed E-state index contributed by atoms with van der Waals surface area (Å²) in [6.07, 6.45) is 5.36. The summed E-state index contributed by atoms with van der Waals surface area (Å²) in [6.45, 7) is 3.62. The summed E-state index contributed by atoms with van der Waals surface area (Å²) in [5, 5.41) is 0.787. The second-order valence-electron chi connectivity index (χ2n) is 9.60. The van der Waals surface area contributed by atoms with E-state index in [4.69, 9.17) is 9.47 Å². The molecule has 3 aliphatic rings. The van der Waals surface area contributed by atoms with E-state index in [1.165, 1.54) is 11.9 Å². The number of carbonyl (C=O) groups is 1. The third kappa shape index (κ3) is 3.89. The van der Waals surface area contributed by atoms with Gasteiger partial charge in [0.25, 0.3) is 6.04 Å². The minimum atomic E-state index is -0.729. The maximum atomic E-state index is 13.1. The van der Waals surface area contributed by atoms with Crippen LogP contribution < -0.4 is 14.9 Å². The van der Waals surface area contributed by atoms with Crippen molar-refractivity contribution in [3.63, 3.8) is 0 Å². The highest BCUT2D eigenvalue weighted by molar-refractivity contribution is 6.07. The van der Waals surface area contributed by atoms with Crippen LogP contribution in [0.1, 0.15) is 41.1 Å². The quantitative estimate of drug-likeness (QED) is 0.428. The molecule has 1 aromatic heterocycles. The summed E-state index contributed by atoms with van der Waals surface area (Å²) in [7, 11) is 1.71. The predicted molar refractivity (Wildman–Crippen MR) is 130 cm³/mol. The number of nitrogens with zero attached hydrogens (tertiary/aromatic N) is 4. The van der Waals surface area contributed by atoms with Crippen LogP contribution in [0.2, 0.25) is 0 Å². The van der Waals surface area contributed by atoms with E-state index >= 15 is 0 Å². The Morgan fingerprint density at radius 2 is 2.17 bits per heavy atom. The average molecular weight is 475 g/mol. The van der Waals surface area contributed by atoms with Crippen molar-refractivity contribution in [1.29, 1.82) is 0 Å². The van der Waals surface area contributed by atoms with Crippen molar-refractivity contribution >= 4 is 22.4 Å². The number of benzene rings is 2. The first kappa shape index (κ1) is 21.9. The lowest BCUT2D eigenvalue weighted by molar-refractivity contribution is -0.544. The third-order valence-electron chi connectivity index (χ3n) is 7.51. The molecule has 0 aliphatic carbocycles. The number of nitroso groups, excluding NO2 is 1. The van der Waals surface area contributed by atoms with Crippen molar-refractivity contribution in [2.45, 2.75) is 31.2 Å². The Hall–Kier alpha value is -3.59. The molecule has 180 valence electrons. The van der Waals surface area contributed by atoms with Crippen molar-refractivity contribution in [2.75, 3.05) is 38.8 Å². The van der Waals surface area contributed by atoms with Crippen LogP contribution >= 0.6 is 0 Å². The van der Waals surface area contributed by atoms with Gasteiger partial charge in [0.1, 0.15) is 28.4 Å². The number of ether oxygens (including phenoxy) is 2. The molecule has 0 spiro atoms. The largest absolute Gasteiger partial charge is 0.496 e. The van der Waals surface area contributed by atoms with Crippen molar-refractivity contribution in [3.05, 3.63) is 58.9 Å². The molecule has 35 heavy (non-hydrogen) atoms. The first-order valence-corrected chi connectivity index (χ1v) is 12.2. The van der Waals surface area contributed by atoms with E-state index in [0.29, 0.717) is 39.9 Å². The molecule has 0 amide bonds. The van der Waals surface area contributed by atoms with E-state index in [9.17, 15) is 9.70 Å². The van der Waals surface area contributed by atoms with Crippen LogP contribution in [-0.2, 0) is 0 Å². The highest BCUT2D eigenvalue weighted by Crippen LogP contribution is 2.46. The summed E-state index contributed by atoms with van der Waals surface area (Å²) >= 11 is 0. The van der Waals surface area contributed by atoms with Gasteiger partial charge in [-0.2, -0.15) is 0 Å². The summed E-state index contributed by atoms with van der Waals surface area (Å²) in [5.41, 5.74) is 5.75. The number of ketones is 1. The lowest BCUT2D eigenvalue weighted by Crippen LogP contribution is -2.41. The van der Waals surface area contributed by atoms with E-state index < -0.39 is 6.04 Å². The van der Waals surface area contributed by atoms with E-state index in [-0.39, 0.29) is 5.78 Å². The van der Waals surface area contributed by atoms with Gasteiger partial charge in [-0.05, 0) is 43.7 Å². The molecule has 0 radical (unpaired) electrons. The normalized spacial score (nSPS) is 23.3. The summed E-state index contributed by atoms with van der Waals surface area (Å²) in [5.74, 6) is 2.55. The van der Waals surface area contributed by atoms with E-state index in [2.05, 4.69) is 20.3 Å². The molecule has 6 rings (SSSR count). The lowest BCUT2D eigenvalue weighted by Gasteiger charge is -2.29. The first-order chi connectivity index (χ1) is 17.1. The molecule has 1 unspecified atom stereocenters. The van der Waals surface area contributed by atoms with Crippen LogP contribution in [0.5, 0.6) is 11.5 Å². The third-order valence-corrected chi connectivity index (χ3v) is 7.51. The van der Waals surface area contributed by atoms with Crippen LogP contribution in [0.25, 0.3) is 10.9 Å². The first-order valence-electron chi connectivity index (χ1n) is 12.2. The number of methoxy groups -OCH3 is 1. The molecule has 1 saturated heterocycles. The molecule has 1 N–H and O–H groups in total. The molecule has 4 heterocycles. The number of rotatable bonds is 6. The van der Waals surface area contributed by atoms with Gasteiger partial charge in [-0.1, -0.05) is 6.07 Å². The standard InChI is InChI=1S/C26H27N5O4/c1-34-23-6-4-7-24-25(23)19-13-30(12-17(19)14-35-24)8-3-2-5-22-26(32)18-10-20-16(11-27-15-28-20)9-21(18)29-31(22)33/h4,6-7,9-11,15,17,19,22H,2-3,5,8,12-14H2,1H3/p+1/t17-,19-,22?/m1/s1. The molecule has 0 saturated carbocycles. The zero-order valence-corrected chi connectivity index (χ0v) is 19.6. The fourth-order valence-corrected chi connectivity index (χ4v) is 5.76. The van der Waals surface area contributed by atoms with E-state index in [0.717, 1.165) is 56.0 Å². The number of likely N-dealkylation sites (tertiary alicyclic amines) is 1. The van der Waals surface area contributed by atoms with Gasteiger partial charge in [0.2, 0.25) is 5.78 Å². The Labute approximate surface area is 203 Å². The van der Waals surface area contributed by atoms with Crippen LogP contribution in [0.15, 0.2) is 42.9 Å². The smallest absolute Gasteiger partial charge is 0.296 e. The SMILES string of the molecule is COc1cccc2c1[C@@H]1CN(CCCCC3C(=O)c4cc5ncncc5cc4N[N+]3=O)C[C@@H]1CO2. The van der Waals surface area contributed by atoms with Crippen LogP contribution in [0.3, 0.4) is 0 Å². The maximum Gasteiger partial charge on any atom is 0.296 e. The molecular formula is C26H28N5O4+. The fraction of sp³-hybridized carbons (Fsp3) is 0.423. The van der Waals surface area contributed by atoms with Crippen LogP contribution in [0.4, 0.5) is 5.69 Å². The molecule has 2 aromatic carbocycles. The number of fused-ring (bicyclic) bond motifs is 5. The zero-order chi connectivity index (χ0) is 23.9. The van der Waals surface area contributed by atoms with Crippen molar-refractivity contribution in [1.82, 2.24) is 14.9 Å². The van der Waals surface area contributed by atoms with E-state index in [1.54, 1.807) is 25.4 Å². The van der Waals surface area contributed by atoms with E-state index in [1.807, 2.05) is 18.2 Å². The van der Waals surface area contributed by atoms with Gasteiger partial charge in [-0.3, -0.25) is 4.79 Å². The van der Waals surface area contributed by atoms with Crippen molar-refractivity contribution in [2.24, 2.45) is 5.92 Å². The highest BCUT2D eigenvalue weighted by atomic mass is 16.5. The number of hydrogen-bond acceptors (Lipinski definition) is 7. The molecule has 1 fully saturated rings. The molecule has 3 aliphatic heterocycles. The van der Waals surface area contributed by atoms with Crippen LogP contribution in [-0.4, -0.2) is 64.9 Å². The van der Waals surface area contributed by atoms with Gasteiger partial charge in [-0.15, -0.1) is 5.43 Å². The molecule has 3 aromatic rings. The van der Waals surface area contributed by atoms with Crippen LogP contribution in [0, 0.1) is 10.8 Å². The summed E-state index contributed by atoms with van der Waals surface area (Å²) in [4.78, 5) is 37.1. The second-order valence-corrected chi connectivity index (χ2v) is 9.60. The Morgan fingerprint density at radius 1 is 1.26 bits per heavy atom. The Morgan fingerprint density at radius 3 is 3.06 bits per heavy atom. The lowest BCUT2D eigenvalue weighted by atomic mass is 9.86. The van der Waals surface area contributed by atoms with Gasteiger partial charge < -0.3 is 14.4 Å². The number of Topliss-reactive ketones (excluding diaryl/α,β-unsaturated/α-hetero) is 1. The summed E-state index contributed by atoms with van der Waals surface area (Å²) < 4.78 is 11.6.